The van der Waals surface area contributed by atoms with E-state index in [1.807, 2.05) is 36.4 Å². The van der Waals surface area contributed by atoms with Crippen LogP contribution >= 0.6 is 15.9 Å². The van der Waals surface area contributed by atoms with E-state index in [0.717, 1.165) is 16.7 Å². The van der Waals surface area contributed by atoms with Gasteiger partial charge in [0.2, 0.25) is 11.5 Å². The summed E-state index contributed by atoms with van der Waals surface area (Å²) in [6.45, 7) is 0. The molecular formula is C32H35BrO9. The highest BCUT2D eigenvalue weighted by atomic mass is 79.9. The van der Waals surface area contributed by atoms with Crippen molar-refractivity contribution in [2.75, 3.05) is 56.9 Å². The minimum absolute atomic E-state index is 0.240. The largest absolute Gasteiger partial charge is 0.493 e. The number of ether oxygens (including phenoxy) is 8. The topological polar surface area (TPSA) is 90.9 Å². The molecule has 0 N–H and O–H groups in total. The van der Waals surface area contributed by atoms with Crippen LogP contribution in [0, 0.1) is 0 Å². The van der Waals surface area contributed by atoms with Crippen molar-refractivity contribution in [2.45, 2.75) is 6.42 Å². The molecule has 0 saturated carbocycles. The van der Waals surface area contributed by atoms with Crippen LogP contribution in [0.15, 0.2) is 47.0 Å². The number of allylic oxidation sites excluding steroid dienone is 2. The minimum Gasteiger partial charge on any atom is -0.493 e. The van der Waals surface area contributed by atoms with E-state index in [0.29, 0.717) is 62.5 Å². The van der Waals surface area contributed by atoms with Gasteiger partial charge in [-0.3, -0.25) is 4.79 Å². The number of ketones is 1. The van der Waals surface area contributed by atoms with E-state index in [1.165, 1.54) is 27.4 Å². The summed E-state index contributed by atoms with van der Waals surface area (Å²) in [6, 6.07) is 9.09. The number of halogens is 1. The van der Waals surface area contributed by atoms with Gasteiger partial charge in [-0.25, -0.2) is 0 Å². The first-order chi connectivity index (χ1) is 20.3. The van der Waals surface area contributed by atoms with Gasteiger partial charge in [0.15, 0.2) is 40.3 Å². The lowest BCUT2D eigenvalue weighted by Gasteiger charge is -2.15. The van der Waals surface area contributed by atoms with E-state index < -0.39 is 0 Å². The van der Waals surface area contributed by atoms with E-state index in [2.05, 4.69) is 15.9 Å². The Balaban J connectivity index is 1.98. The number of hydrogen-bond donors (Lipinski definition) is 0. The third kappa shape index (κ3) is 6.94. The summed E-state index contributed by atoms with van der Waals surface area (Å²) in [5, 5.41) is 0. The zero-order valence-electron chi connectivity index (χ0n) is 25.0. The first-order valence-electron chi connectivity index (χ1n) is 12.7. The number of benzene rings is 3. The molecule has 3 aromatic carbocycles. The highest BCUT2D eigenvalue weighted by molar-refractivity contribution is 9.10. The Morgan fingerprint density at radius 1 is 0.619 bits per heavy atom. The molecule has 0 bridgehead atoms. The van der Waals surface area contributed by atoms with Crippen molar-refractivity contribution < 1.29 is 42.7 Å². The fraction of sp³-hybridized carbons (Fsp3) is 0.281. The SMILES string of the molecule is COc1cc(/C=C\c2cc(OC)c(OC)c(OC)c2)c(C/C=C\C(=O)c2cc(OC)c(OC)c(OC)c2Br)cc1OC. The summed E-state index contributed by atoms with van der Waals surface area (Å²) in [6.07, 6.45) is 7.61. The van der Waals surface area contributed by atoms with Crippen molar-refractivity contribution in [1.29, 1.82) is 0 Å². The van der Waals surface area contributed by atoms with E-state index in [4.69, 9.17) is 37.9 Å². The highest BCUT2D eigenvalue weighted by Gasteiger charge is 2.22. The van der Waals surface area contributed by atoms with Gasteiger partial charge < -0.3 is 37.9 Å². The van der Waals surface area contributed by atoms with Crippen LogP contribution in [0.25, 0.3) is 12.2 Å². The summed E-state index contributed by atoms with van der Waals surface area (Å²) < 4.78 is 44.2. The van der Waals surface area contributed by atoms with E-state index in [1.54, 1.807) is 47.7 Å². The number of carbonyl (C=O) groups is 1. The van der Waals surface area contributed by atoms with Crippen LogP contribution in [0.1, 0.15) is 27.0 Å². The molecule has 0 atom stereocenters. The normalized spacial score (nSPS) is 11.0. The maximum absolute atomic E-state index is 13.2. The van der Waals surface area contributed by atoms with E-state index in [-0.39, 0.29) is 5.78 Å². The van der Waals surface area contributed by atoms with Gasteiger partial charge >= 0.3 is 0 Å². The third-order valence-corrected chi connectivity index (χ3v) is 7.22. The molecule has 0 amide bonds. The second kappa shape index (κ2) is 15.1. The van der Waals surface area contributed by atoms with Gasteiger partial charge in [-0.15, -0.1) is 0 Å². The molecule has 0 spiro atoms. The van der Waals surface area contributed by atoms with Gasteiger partial charge in [0.05, 0.1) is 61.4 Å². The van der Waals surface area contributed by atoms with Crippen molar-refractivity contribution in [3.05, 3.63) is 69.2 Å². The van der Waals surface area contributed by atoms with Gasteiger partial charge in [-0.05, 0) is 75.4 Å². The molecule has 0 aliphatic rings. The van der Waals surface area contributed by atoms with Gasteiger partial charge in [-0.1, -0.05) is 18.2 Å². The molecule has 42 heavy (non-hydrogen) atoms. The highest BCUT2D eigenvalue weighted by Crippen LogP contribution is 2.45. The molecule has 0 aliphatic carbocycles. The average molecular weight is 644 g/mol. The van der Waals surface area contributed by atoms with Crippen molar-refractivity contribution >= 4 is 33.9 Å². The number of carbonyl (C=O) groups excluding carboxylic acids is 1. The molecule has 0 fully saturated rings. The second-order valence-corrected chi connectivity index (χ2v) is 9.47. The number of methoxy groups -OCH3 is 8. The van der Waals surface area contributed by atoms with E-state index in [9.17, 15) is 4.79 Å². The van der Waals surface area contributed by atoms with Crippen LogP contribution in [-0.4, -0.2) is 62.7 Å². The first kappa shape index (κ1) is 32.2. The van der Waals surface area contributed by atoms with Crippen molar-refractivity contribution in [3.8, 4) is 46.0 Å². The Morgan fingerprint density at radius 2 is 1.14 bits per heavy atom. The van der Waals surface area contributed by atoms with Gasteiger partial charge in [0, 0.05) is 5.56 Å². The lowest BCUT2D eigenvalue weighted by atomic mass is 10.0. The zero-order valence-corrected chi connectivity index (χ0v) is 26.5. The Hall–Kier alpha value is -4.31. The van der Waals surface area contributed by atoms with Gasteiger partial charge in [0.25, 0.3) is 0 Å². The Kier molecular flexibility index (Phi) is 11.6. The summed E-state index contributed by atoms with van der Waals surface area (Å²) in [7, 11) is 12.4. The average Bonchev–Trinajstić information content (AvgIpc) is 3.02. The molecule has 0 aliphatic heterocycles. The maximum atomic E-state index is 13.2. The molecule has 224 valence electrons. The van der Waals surface area contributed by atoms with Gasteiger partial charge in [0.1, 0.15) is 0 Å². The Bertz CT molecular complexity index is 1450. The Labute approximate surface area is 254 Å². The zero-order chi connectivity index (χ0) is 30.8. The summed E-state index contributed by atoms with van der Waals surface area (Å²) in [5.74, 6) is 3.65. The molecule has 3 aromatic rings. The van der Waals surface area contributed by atoms with Crippen LogP contribution in [-0.2, 0) is 6.42 Å². The monoisotopic (exact) mass is 642 g/mol. The molecular weight excluding hydrogens is 608 g/mol. The number of hydrogen-bond acceptors (Lipinski definition) is 9. The van der Waals surface area contributed by atoms with Gasteiger partial charge in [-0.2, -0.15) is 0 Å². The van der Waals surface area contributed by atoms with Crippen molar-refractivity contribution in [3.63, 3.8) is 0 Å². The van der Waals surface area contributed by atoms with Crippen LogP contribution < -0.4 is 37.9 Å². The smallest absolute Gasteiger partial charge is 0.204 e. The predicted molar refractivity (Wildman–Crippen MR) is 166 cm³/mol. The summed E-state index contributed by atoms with van der Waals surface area (Å²) in [4.78, 5) is 13.2. The third-order valence-electron chi connectivity index (χ3n) is 6.43. The molecule has 3 rings (SSSR count). The molecule has 0 aromatic heterocycles. The first-order valence-corrected chi connectivity index (χ1v) is 13.5. The van der Waals surface area contributed by atoms with E-state index >= 15 is 0 Å². The fourth-order valence-corrected chi connectivity index (χ4v) is 4.99. The summed E-state index contributed by atoms with van der Waals surface area (Å²) >= 11 is 3.47. The molecule has 0 radical (unpaired) electrons. The molecule has 0 heterocycles. The quantitative estimate of drug-likeness (QED) is 0.109. The lowest BCUT2D eigenvalue weighted by Crippen LogP contribution is -2.03. The second-order valence-electron chi connectivity index (χ2n) is 8.68. The lowest BCUT2D eigenvalue weighted by molar-refractivity contribution is 0.104. The minimum atomic E-state index is -0.240. The van der Waals surface area contributed by atoms with Crippen LogP contribution in [0.4, 0.5) is 0 Å². The van der Waals surface area contributed by atoms with Crippen molar-refractivity contribution in [1.82, 2.24) is 0 Å². The molecule has 9 nitrogen and oxygen atoms in total. The van der Waals surface area contributed by atoms with Crippen LogP contribution in [0.5, 0.6) is 46.0 Å². The summed E-state index contributed by atoms with van der Waals surface area (Å²) in [5.41, 5.74) is 2.98. The number of rotatable bonds is 14. The standard InChI is InChI=1S/C32H35BrO9/c1-35-24-16-20(10-9-11-23(34)22-18-28(39-5)31(41-7)32(42-8)29(22)33)21(17-25(24)36-2)13-12-19-14-26(37-3)30(40-6)27(15-19)38-4/h9,11-18H,10H2,1-8H3/b11-9-,13-12-. The maximum Gasteiger partial charge on any atom is 0.204 e. The molecule has 0 unspecified atom stereocenters. The Morgan fingerprint density at radius 3 is 1.67 bits per heavy atom. The molecule has 10 heteroatoms. The predicted octanol–water partition coefficient (Wildman–Crippen LogP) is 6.67. The fourth-order valence-electron chi connectivity index (χ4n) is 4.34. The van der Waals surface area contributed by atoms with Crippen LogP contribution in [0.3, 0.4) is 0 Å². The van der Waals surface area contributed by atoms with Crippen molar-refractivity contribution in [2.24, 2.45) is 0 Å². The van der Waals surface area contributed by atoms with Crippen LogP contribution in [0.2, 0.25) is 0 Å². The molecule has 0 saturated heterocycles.